The first-order valence-electron chi connectivity index (χ1n) is 9.25. The highest BCUT2D eigenvalue weighted by atomic mass is 30.8. The second-order valence-corrected chi connectivity index (χ2v) is 118. The Labute approximate surface area is 147 Å². The zero-order valence-electron chi connectivity index (χ0n) is 18.0. The predicted molar refractivity (Wildman–Crippen MR) is 128 cm³/mol. The molecule has 0 saturated carbocycles. The normalized spacial score (nSPS) is 41.2. The predicted octanol–water partition coefficient (Wildman–Crippen LogP) is 5.13. The third-order valence-electron chi connectivity index (χ3n) is 9.69. The molecule has 0 N–H and O–H groups in total. The van der Waals surface area contributed by atoms with Crippen molar-refractivity contribution in [2.24, 2.45) is 0 Å². The smallest absolute Gasteiger partial charge is 0.0301 e. The largest absolute Gasteiger partial charge is 0.0739 e. The molecule has 0 aliphatic carbocycles. The van der Waals surface area contributed by atoms with Gasteiger partial charge in [-0.25, -0.2) is 0 Å². The van der Waals surface area contributed by atoms with Crippen molar-refractivity contribution in [1.29, 1.82) is 0 Å². The van der Waals surface area contributed by atoms with Gasteiger partial charge in [0.25, 0.3) is 0 Å². The highest BCUT2D eigenvalue weighted by Crippen LogP contribution is 2.72. The van der Waals surface area contributed by atoms with Crippen LogP contribution in [0.5, 0.6) is 0 Å². The van der Waals surface area contributed by atoms with Gasteiger partial charge in [0.1, 0.15) is 0 Å². The van der Waals surface area contributed by atoms with E-state index >= 15 is 0 Å². The van der Waals surface area contributed by atoms with Gasteiger partial charge in [0.05, 0.1) is 0 Å². The zero-order valence-corrected chi connectivity index (χ0v) is 26.0. The van der Waals surface area contributed by atoms with E-state index in [4.69, 9.17) is 0 Å². The van der Waals surface area contributed by atoms with Crippen LogP contribution < -0.4 is 0 Å². The summed E-state index contributed by atoms with van der Waals surface area (Å²) in [4.78, 5) is 0. The average Bonchev–Trinajstić information content (AvgIpc) is 2.18. The molecule has 0 unspecified atom stereocenters. The Kier molecular flexibility index (Phi) is 3.96. The maximum Gasteiger partial charge on any atom is 0.0301 e. The summed E-state index contributed by atoms with van der Waals surface area (Å²) >= 11 is 0. The van der Waals surface area contributed by atoms with Crippen molar-refractivity contribution >= 4 is 55.9 Å². The first-order chi connectivity index (χ1) is 9.25. The molecule has 130 valence electrons. The van der Waals surface area contributed by atoms with Gasteiger partial charge in [-0.05, 0) is 0 Å². The van der Waals surface area contributed by atoms with Crippen molar-refractivity contribution in [3.8, 4) is 0 Å². The molecule has 8 heteroatoms. The summed E-state index contributed by atoms with van der Waals surface area (Å²) < 4.78 is 0. The third-order valence-corrected chi connectivity index (χ3v) is 303. The number of hydrogen-bond donors (Lipinski definition) is 0. The Bertz CT molecular complexity index is 442. The molecule has 2 saturated heterocycles. The summed E-state index contributed by atoms with van der Waals surface area (Å²) in [7, 11) is -5.62. The van der Waals surface area contributed by atoms with Gasteiger partial charge < -0.3 is 0 Å². The summed E-state index contributed by atoms with van der Waals surface area (Å²) in [5.74, 6) is 0. The Balaban J connectivity index is 2.99. The summed E-state index contributed by atoms with van der Waals surface area (Å²) in [6.07, 6.45) is -1.78. The maximum absolute atomic E-state index is 2.97. The van der Waals surface area contributed by atoms with Crippen molar-refractivity contribution in [2.45, 2.75) is 91.7 Å². The fraction of sp³-hybridized carbons (Fsp3) is 1.00. The van der Waals surface area contributed by atoms with E-state index in [1.165, 1.54) is 0 Å². The van der Waals surface area contributed by atoms with E-state index < -0.39 is 55.9 Å². The fourth-order valence-corrected chi connectivity index (χ4v) is 690. The van der Waals surface area contributed by atoms with Crippen LogP contribution in [0.2, 0.25) is 91.7 Å². The van der Waals surface area contributed by atoms with E-state index in [1.54, 1.807) is 0 Å². The third kappa shape index (κ3) is 1.37. The van der Waals surface area contributed by atoms with E-state index in [-0.39, 0.29) is 0 Å². The first-order valence-corrected chi connectivity index (χ1v) is 41.2. The second-order valence-electron chi connectivity index (χ2n) is 12.5. The zero-order chi connectivity index (χ0) is 18.0. The monoisotopic (exact) mass is 434 g/mol. The Morgan fingerprint density at radius 2 is 0.500 bits per heavy atom. The molecule has 2 aliphatic rings. The Morgan fingerprint density at radius 3 is 0.591 bits per heavy atom. The molecule has 0 spiro atoms. The maximum atomic E-state index is 2.97. The highest BCUT2D eigenvalue weighted by molar-refractivity contribution is 8.56. The van der Waals surface area contributed by atoms with Gasteiger partial charge in [0, 0.05) is 55.9 Å². The van der Waals surface area contributed by atoms with Crippen LogP contribution in [0.4, 0.5) is 0 Å². The van der Waals surface area contributed by atoms with Crippen LogP contribution in [-0.2, 0) is 0 Å². The van der Waals surface area contributed by atoms with Gasteiger partial charge in [-0.15, -0.1) is 0 Å². The molecule has 2 aliphatic heterocycles. The molecule has 0 bridgehead atoms. The molecule has 2 heterocycles. The van der Waals surface area contributed by atoms with E-state index in [2.05, 4.69) is 91.7 Å². The number of rotatable bonds is 2. The Hall–Kier alpha value is 1.74. The summed E-state index contributed by atoms with van der Waals surface area (Å²) in [6.45, 7) is 41.0. The lowest BCUT2D eigenvalue weighted by molar-refractivity contribution is 1.72. The quantitative estimate of drug-likeness (QED) is 0.528. The number of hydrogen-bond acceptors (Lipinski definition) is 0. The van der Waals surface area contributed by atoms with Gasteiger partial charge in [-0.3, -0.25) is 0 Å². The number of fused-ring (bicyclic) bond motifs is 1. The lowest BCUT2D eigenvalue weighted by Gasteiger charge is -2.99. The molecule has 0 aromatic rings. The van der Waals surface area contributed by atoms with Crippen molar-refractivity contribution < 1.29 is 0 Å². The van der Waals surface area contributed by atoms with Crippen LogP contribution in [0.25, 0.3) is 0 Å². The minimum atomic E-state index is -0.977. The molecule has 0 aromatic carbocycles. The average molecular weight is 435 g/mol. The van der Waals surface area contributed by atoms with Crippen molar-refractivity contribution in [3.63, 3.8) is 0 Å². The van der Waals surface area contributed by atoms with Crippen LogP contribution in [0.3, 0.4) is 0 Å². The van der Waals surface area contributed by atoms with Crippen LogP contribution in [0.15, 0.2) is 0 Å². The van der Waals surface area contributed by atoms with Gasteiger partial charge >= 0.3 is 0 Å². The molecule has 2 rings (SSSR count). The lowest BCUT2D eigenvalue weighted by Crippen LogP contribution is -3.32. The first kappa shape index (κ1) is 20.1. The highest BCUT2D eigenvalue weighted by Gasteiger charge is 3.02. The van der Waals surface area contributed by atoms with E-state index in [9.17, 15) is 0 Å². The van der Waals surface area contributed by atoms with E-state index in [0.29, 0.717) is 0 Å². The standard InChI is InChI=1S/C14H42Si8/c1-15(2,3)21-17(7,8)19(11,12)22(21,16(4,5)6)20(13,14)18(21,9)10/h1-14H3. The van der Waals surface area contributed by atoms with Crippen molar-refractivity contribution in [1.82, 2.24) is 0 Å². The summed E-state index contributed by atoms with van der Waals surface area (Å²) in [5.41, 5.74) is 0. The Morgan fingerprint density at radius 1 is 0.364 bits per heavy atom. The van der Waals surface area contributed by atoms with Gasteiger partial charge in [0.15, 0.2) is 0 Å². The lowest BCUT2D eigenvalue weighted by atomic mass is 11.8. The van der Waals surface area contributed by atoms with Crippen LogP contribution in [-0.4, -0.2) is 55.9 Å². The SMILES string of the molecule is C[Si](C)(C)[Si]12[Si](C)(C)[Si](C)(C)[Si]1([Si](C)(C)C)[Si](C)(C)[Si]2(C)C. The van der Waals surface area contributed by atoms with Crippen LogP contribution >= 0.6 is 0 Å². The fourth-order valence-electron chi connectivity index (χ4n) is 10.1. The summed E-state index contributed by atoms with van der Waals surface area (Å²) in [6, 6.07) is 0. The van der Waals surface area contributed by atoms with E-state index in [0.717, 1.165) is 0 Å². The molecule has 22 heavy (non-hydrogen) atoms. The second kappa shape index (κ2) is 4.34. The van der Waals surface area contributed by atoms with Gasteiger partial charge in [-0.2, -0.15) is 0 Å². The summed E-state index contributed by atoms with van der Waals surface area (Å²) in [5, 5.41) is 0. The molecule has 0 atom stereocenters. The molecule has 2 fully saturated rings. The van der Waals surface area contributed by atoms with Gasteiger partial charge in [-0.1, -0.05) is 91.7 Å². The molecule has 0 nitrogen and oxygen atoms in total. The molecule has 0 radical (unpaired) electrons. The topological polar surface area (TPSA) is 0 Å². The van der Waals surface area contributed by atoms with Crippen LogP contribution in [0.1, 0.15) is 0 Å². The minimum absolute atomic E-state index is 0.892. The molecule has 0 aromatic heterocycles. The molecule has 0 amide bonds. The van der Waals surface area contributed by atoms with Crippen molar-refractivity contribution in [3.05, 3.63) is 0 Å². The van der Waals surface area contributed by atoms with Crippen molar-refractivity contribution in [2.75, 3.05) is 0 Å². The molecular formula is C14H42Si8. The molecular weight excluding hydrogens is 393 g/mol. The van der Waals surface area contributed by atoms with Gasteiger partial charge in [0.2, 0.25) is 0 Å². The minimum Gasteiger partial charge on any atom is -0.0739 e. The van der Waals surface area contributed by atoms with E-state index in [1.807, 2.05) is 0 Å². The van der Waals surface area contributed by atoms with Crippen LogP contribution in [0, 0.1) is 0 Å².